The van der Waals surface area contributed by atoms with Crippen LogP contribution in [0.3, 0.4) is 0 Å². The van der Waals surface area contributed by atoms with Crippen LogP contribution in [0.2, 0.25) is 0 Å². The molecule has 0 aromatic heterocycles. The van der Waals surface area contributed by atoms with Gasteiger partial charge >= 0.3 is 5.97 Å². The zero-order chi connectivity index (χ0) is 12.1. The number of ether oxygens (including phenoxy) is 1. The van der Waals surface area contributed by atoms with Crippen molar-refractivity contribution in [1.29, 1.82) is 0 Å². The molecule has 1 aliphatic carbocycles. The summed E-state index contributed by atoms with van der Waals surface area (Å²) in [5, 5.41) is 0. The summed E-state index contributed by atoms with van der Waals surface area (Å²) in [6.45, 7) is 8.21. The molecule has 16 heavy (non-hydrogen) atoms. The summed E-state index contributed by atoms with van der Waals surface area (Å²) in [5.74, 6) is 2.43. The molecular formula is C14H26O2. The first kappa shape index (κ1) is 13.5. The molecule has 94 valence electrons. The van der Waals surface area contributed by atoms with Crippen LogP contribution in [0.5, 0.6) is 0 Å². The van der Waals surface area contributed by atoms with Gasteiger partial charge in [-0.3, -0.25) is 4.79 Å². The Morgan fingerprint density at radius 2 is 2.06 bits per heavy atom. The van der Waals surface area contributed by atoms with Crippen LogP contribution in [-0.2, 0) is 9.53 Å². The summed E-state index contributed by atoms with van der Waals surface area (Å²) in [6, 6.07) is 0. The lowest BCUT2D eigenvalue weighted by atomic mass is 9.73. The molecule has 0 unspecified atom stereocenters. The summed E-state index contributed by atoms with van der Waals surface area (Å²) in [6.07, 6.45) is 6.41. The van der Waals surface area contributed by atoms with Gasteiger partial charge in [-0.05, 0) is 50.4 Å². The summed E-state index contributed by atoms with van der Waals surface area (Å²) in [4.78, 5) is 10.8. The van der Waals surface area contributed by atoms with E-state index >= 15 is 0 Å². The van der Waals surface area contributed by atoms with Crippen LogP contribution in [0.15, 0.2) is 0 Å². The smallest absolute Gasteiger partial charge is 0.302 e. The van der Waals surface area contributed by atoms with Gasteiger partial charge in [0, 0.05) is 6.92 Å². The Kier molecular flexibility index (Phi) is 5.30. The molecule has 1 fully saturated rings. The highest BCUT2D eigenvalue weighted by atomic mass is 16.5. The van der Waals surface area contributed by atoms with E-state index in [1.54, 1.807) is 0 Å². The summed E-state index contributed by atoms with van der Waals surface area (Å²) in [7, 11) is 0. The molecule has 0 aliphatic heterocycles. The number of esters is 1. The van der Waals surface area contributed by atoms with Gasteiger partial charge in [0.2, 0.25) is 0 Å². The third-order valence-corrected chi connectivity index (χ3v) is 3.92. The Hall–Kier alpha value is -0.530. The van der Waals surface area contributed by atoms with E-state index in [0.29, 0.717) is 0 Å². The summed E-state index contributed by atoms with van der Waals surface area (Å²) >= 11 is 0. The molecule has 2 nitrogen and oxygen atoms in total. The lowest BCUT2D eigenvalue weighted by molar-refractivity contribution is -0.145. The first-order chi connectivity index (χ1) is 7.49. The molecule has 0 saturated heterocycles. The van der Waals surface area contributed by atoms with Crippen molar-refractivity contribution >= 4 is 5.97 Å². The highest BCUT2D eigenvalue weighted by Crippen LogP contribution is 2.36. The standard InChI is InChI=1S/C14H26O2/c1-10-5-7-14(11(2)9-10)8-6-12(3)16-13(4)15/h10-12,14H,5-9H2,1-4H3/t10-,11-,12-,14-/m1/s1. The first-order valence-electron chi connectivity index (χ1n) is 6.66. The summed E-state index contributed by atoms with van der Waals surface area (Å²) in [5.41, 5.74) is 0. The van der Waals surface area contributed by atoms with E-state index in [0.717, 1.165) is 24.2 Å². The maximum absolute atomic E-state index is 10.8. The van der Waals surface area contributed by atoms with Gasteiger partial charge in [-0.1, -0.05) is 20.3 Å². The third kappa shape index (κ3) is 4.54. The first-order valence-corrected chi connectivity index (χ1v) is 6.66. The second kappa shape index (κ2) is 6.27. The number of carbonyl (C=O) groups is 1. The van der Waals surface area contributed by atoms with Gasteiger partial charge in [0.25, 0.3) is 0 Å². The van der Waals surface area contributed by atoms with Gasteiger partial charge in [-0.25, -0.2) is 0 Å². The van der Waals surface area contributed by atoms with Crippen LogP contribution in [0.1, 0.15) is 59.8 Å². The number of rotatable bonds is 4. The Labute approximate surface area is 99.8 Å². The molecule has 0 bridgehead atoms. The number of hydrogen-bond donors (Lipinski definition) is 0. The molecule has 1 aliphatic rings. The minimum absolute atomic E-state index is 0.0871. The molecule has 0 aromatic rings. The zero-order valence-corrected chi connectivity index (χ0v) is 11.2. The molecule has 4 atom stereocenters. The number of hydrogen-bond acceptors (Lipinski definition) is 2. The van der Waals surface area contributed by atoms with Crippen molar-refractivity contribution in [3.05, 3.63) is 0 Å². The molecular weight excluding hydrogens is 200 g/mol. The lowest BCUT2D eigenvalue weighted by Crippen LogP contribution is -2.23. The highest BCUT2D eigenvalue weighted by Gasteiger charge is 2.25. The minimum Gasteiger partial charge on any atom is -0.463 e. The van der Waals surface area contributed by atoms with Crippen molar-refractivity contribution in [3.63, 3.8) is 0 Å². The molecule has 0 radical (unpaired) electrons. The van der Waals surface area contributed by atoms with E-state index in [1.807, 2.05) is 6.92 Å². The van der Waals surface area contributed by atoms with Crippen molar-refractivity contribution in [3.8, 4) is 0 Å². The Morgan fingerprint density at radius 1 is 1.38 bits per heavy atom. The van der Waals surface area contributed by atoms with Gasteiger partial charge in [0.1, 0.15) is 0 Å². The average molecular weight is 226 g/mol. The Balaban J connectivity index is 2.24. The Morgan fingerprint density at radius 3 is 2.62 bits per heavy atom. The number of carbonyl (C=O) groups excluding carboxylic acids is 1. The van der Waals surface area contributed by atoms with Crippen molar-refractivity contribution in [2.45, 2.75) is 65.9 Å². The molecule has 0 aromatic carbocycles. The van der Waals surface area contributed by atoms with Crippen molar-refractivity contribution in [2.24, 2.45) is 17.8 Å². The largest absolute Gasteiger partial charge is 0.463 e. The van der Waals surface area contributed by atoms with Crippen molar-refractivity contribution in [2.75, 3.05) is 0 Å². The fourth-order valence-electron chi connectivity index (χ4n) is 2.95. The molecule has 0 N–H and O–H groups in total. The van der Waals surface area contributed by atoms with E-state index in [-0.39, 0.29) is 12.1 Å². The van der Waals surface area contributed by atoms with E-state index in [1.165, 1.54) is 32.6 Å². The summed E-state index contributed by atoms with van der Waals surface area (Å²) < 4.78 is 5.16. The molecule has 2 heteroatoms. The maximum atomic E-state index is 10.8. The second-order valence-corrected chi connectivity index (χ2v) is 5.65. The molecule has 0 heterocycles. The SMILES string of the molecule is CC(=O)O[C@H](C)CC[C@H]1CC[C@@H](C)C[C@H]1C. The van der Waals surface area contributed by atoms with Crippen LogP contribution in [-0.4, -0.2) is 12.1 Å². The highest BCUT2D eigenvalue weighted by molar-refractivity contribution is 5.66. The van der Waals surface area contributed by atoms with Crippen molar-refractivity contribution in [1.82, 2.24) is 0 Å². The van der Waals surface area contributed by atoms with E-state index in [4.69, 9.17) is 4.74 Å². The van der Waals surface area contributed by atoms with Gasteiger partial charge in [-0.15, -0.1) is 0 Å². The predicted molar refractivity (Wildman–Crippen MR) is 66.1 cm³/mol. The zero-order valence-electron chi connectivity index (χ0n) is 11.2. The van der Waals surface area contributed by atoms with Gasteiger partial charge < -0.3 is 4.74 Å². The third-order valence-electron chi connectivity index (χ3n) is 3.92. The molecule has 1 rings (SSSR count). The second-order valence-electron chi connectivity index (χ2n) is 5.65. The van der Waals surface area contributed by atoms with Crippen molar-refractivity contribution < 1.29 is 9.53 Å². The minimum atomic E-state index is -0.155. The fraction of sp³-hybridized carbons (Fsp3) is 0.929. The monoisotopic (exact) mass is 226 g/mol. The van der Waals surface area contributed by atoms with E-state index in [9.17, 15) is 4.79 Å². The van der Waals surface area contributed by atoms with E-state index in [2.05, 4.69) is 13.8 Å². The van der Waals surface area contributed by atoms with Crippen LogP contribution in [0, 0.1) is 17.8 Å². The van der Waals surface area contributed by atoms with Crippen LogP contribution in [0.4, 0.5) is 0 Å². The normalized spacial score (nSPS) is 32.1. The van der Waals surface area contributed by atoms with Gasteiger partial charge in [0.05, 0.1) is 6.10 Å². The van der Waals surface area contributed by atoms with E-state index < -0.39 is 0 Å². The van der Waals surface area contributed by atoms with Crippen LogP contribution in [0.25, 0.3) is 0 Å². The van der Waals surface area contributed by atoms with Crippen LogP contribution < -0.4 is 0 Å². The maximum Gasteiger partial charge on any atom is 0.302 e. The Bertz CT molecular complexity index is 225. The lowest BCUT2D eigenvalue weighted by Gasteiger charge is -2.33. The van der Waals surface area contributed by atoms with Gasteiger partial charge in [0.15, 0.2) is 0 Å². The van der Waals surface area contributed by atoms with Crippen LogP contribution >= 0.6 is 0 Å². The molecule has 1 saturated carbocycles. The predicted octanol–water partition coefficient (Wildman–Crippen LogP) is 3.79. The topological polar surface area (TPSA) is 26.3 Å². The average Bonchev–Trinajstić information content (AvgIpc) is 2.15. The quantitative estimate of drug-likeness (QED) is 0.682. The molecule has 0 spiro atoms. The van der Waals surface area contributed by atoms with Gasteiger partial charge in [-0.2, -0.15) is 0 Å². The fourth-order valence-corrected chi connectivity index (χ4v) is 2.95. The molecule has 0 amide bonds.